The van der Waals surface area contributed by atoms with Gasteiger partial charge in [0.15, 0.2) is 0 Å². The van der Waals surface area contributed by atoms with Gasteiger partial charge < -0.3 is 15.4 Å². The molecule has 1 aromatic carbocycles. The number of nitro groups is 2. The number of rotatable bonds is 10. The van der Waals surface area contributed by atoms with Crippen LogP contribution in [0.3, 0.4) is 0 Å². The topological polar surface area (TPSA) is 175 Å². The molecule has 3 rings (SSSR count). The number of ether oxygens (including phenoxy) is 1. The lowest BCUT2D eigenvalue weighted by molar-refractivity contribution is -0.385. The number of aromatic nitrogens is 3. The first-order valence-electron chi connectivity index (χ1n) is 9.76. The number of hydrogen-bond donors (Lipinski definition) is 2. The quantitative estimate of drug-likeness (QED) is 0.200. The molecule has 0 aliphatic rings. The lowest BCUT2D eigenvalue weighted by atomic mass is 10.1. The van der Waals surface area contributed by atoms with Gasteiger partial charge in [-0.15, -0.1) is 0 Å². The van der Waals surface area contributed by atoms with E-state index in [0.29, 0.717) is 24.5 Å². The van der Waals surface area contributed by atoms with Gasteiger partial charge in [0.2, 0.25) is 5.95 Å². The van der Waals surface area contributed by atoms with Crippen LogP contribution in [-0.4, -0.2) is 50.5 Å². The second-order valence-electron chi connectivity index (χ2n) is 6.50. The molecule has 33 heavy (non-hydrogen) atoms. The summed E-state index contributed by atoms with van der Waals surface area (Å²) in [5, 5.41) is 27.8. The van der Waals surface area contributed by atoms with E-state index in [2.05, 4.69) is 25.6 Å². The van der Waals surface area contributed by atoms with Crippen LogP contribution >= 0.6 is 0 Å². The third kappa shape index (κ3) is 5.94. The van der Waals surface area contributed by atoms with E-state index in [0.717, 1.165) is 6.20 Å². The summed E-state index contributed by atoms with van der Waals surface area (Å²) in [7, 11) is 0. The van der Waals surface area contributed by atoms with Crippen LogP contribution in [0.15, 0.2) is 48.8 Å². The van der Waals surface area contributed by atoms with Crippen molar-refractivity contribution in [2.45, 2.75) is 6.92 Å². The first kappa shape index (κ1) is 23.0. The summed E-state index contributed by atoms with van der Waals surface area (Å²) < 4.78 is 5.05. The Kier molecular flexibility index (Phi) is 7.36. The van der Waals surface area contributed by atoms with Crippen molar-refractivity contribution in [3.05, 3.63) is 74.6 Å². The number of carbonyl (C=O) groups is 1. The summed E-state index contributed by atoms with van der Waals surface area (Å²) in [6, 6.07) is 8.58. The predicted molar refractivity (Wildman–Crippen MR) is 118 cm³/mol. The smallest absolute Gasteiger partial charge is 0.341 e. The lowest BCUT2D eigenvalue weighted by Gasteiger charge is -2.11. The Labute approximate surface area is 187 Å². The van der Waals surface area contributed by atoms with Crippen molar-refractivity contribution in [2.24, 2.45) is 0 Å². The highest BCUT2D eigenvalue weighted by atomic mass is 16.6. The minimum Gasteiger partial charge on any atom is -0.462 e. The molecule has 0 unspecified atom stereocenters. The third-order valence-electron chi connectivity index (χ3n) is 4.29. The van der Waals surface area contributed by atoms with Crippen LogP contribution < -0.4 is 10.6 Å². The van der Waals surface area contributed by atoms with E-state index >= 15 is 0 Å². The van der Waals surface area contributed by atoms with Crippen LogP contribution in [0.1, 0.15) is 17.3 Å². The van der Waals surface area contributed by atoms with Crippen molar-refractivity contribution in [1.82, 2.24) is 15.0 Å². The zero-order chi connectivity index (χ0) is 23.8. The van der Waals surface area contributed by atoms with Crippen LogP contribution in [0.5, 0.6) is 0 Å². The molecule has 170 valence electrons. The van der Waals surface area contributed by atoms with Gasteiger partial charge in [0.1, 0.15) is 17.6 Å². The van der Waals surface area contributed by atoms with Gasteiger partial charge in [0, 0.05) is 43.0 Å². The zero-order valence-electron chi connectivity index (χ0n) is 17.4. The Morgan fingerprint density at radius 2 is 1.76 bits per heavy atom. The second-order valence-corrected chi connectivity index (χ2v) is 6.50. The number of non-ortho nitro benzene ring substituents is 1. The van der Waals surface area contributed by atoms with Gasteiger partial charge in [-0.05, 0) is 13.0 Å². The minimum absolute atomic E-state index is 0.0797. The molecule has 2 N–H and O–H groups in total. The molecule has 0 aliphatic heterocycles. The highest BCUT2D eigenvalue weighted by Gasteiger charge is 2.19. The molecule has 13 heteroatoms. The van der Waals surface area contributed by atoms with Crippen molar-refractivity contribution in [3.63, 3.8) is 0 Å². The van der Waals surface area contributed by atoms with Crippen LogP contribution in [-0.2, 0) is 4.74 Å². The van der Waals surface area contributed by atoms with E-state index in [9.17, 15) is 25.0 Å². The van der Waals surface area contributed by atoms with Crippen molar-refractivity contribution in [1.29, 1.82) is 0 Å². The Morgan fingerprint density at radius 3 is 2.42 bits per heavy atom. The van der Waals surface area contributed by atoms with Gasteiger partial charge in [-0.25, -0.2) is 19.7 Å². The van der Waals surface area contributed by atoms with Crippen LogP contribution in [0.25, 0.3) is 11.3 Å². The van der Waals surface area contributed by atoms with Crippen molar-refractivity contribution in [2.75, 3.05) is 30.3 Å². The Morgan fingerprint density at radius 1 is 1.00 bits per heavy atom. The first-order chi connectivity index (χ1) is 15.9. The summed E-state index contributed by atoms with van der Waals surface area (Å²) in [5.74, 6) is 0.0118. The maximum Gasteiger partial charge on any atom is 0.341 e. The molecule has 0 spiro atoms. The molecule has 0 aliphatic carbocycles. The molecule has 0 radical (unpaired) electrons. The maximum atomic E-state index is 12.3. The number of anilines is 2. The van der Waals surface area contributed by atoms with Gasteiger partial charge in [-0.1, -0.05) is 12.1 Å². The van der Waals surface area contributed by atoms with Crippen molar-refractivity contribution >= 4 is 29.1 Å². The van der Waals surface area contributed by atoms with E-state index < -0.39 is 15.8 Å². The molecule has 2 aromatic heterocycles. The van der Waals surface area contributed by atoms with Crippen LogP contribution in [0, 0.1) is 20.2 Å². The van der Waals surface area contributed by atoms with E-state index in [1.807, 2.05) is 0 Å². The predicted octanol–water partition coefficient (Wildman–Crippen LogP) is 3.06. The summed E-state index contributed by atoms with van der Waals surface area (Å²) in [5.41, 5.74) is 0.388. The Bertz CT molecular complexity index is 1170. The lowest BCUT2D eigenvalue weighted by Crippen LogP contribution is -2.17. The fraction of sp³-hybridized carbons (Fsp3) is 0.200. The van der Waals surface area contributed by atoms with Gasteiger partial charge in [-0.2, -0.15) is 0 Å². The highest BCUT2D eigenvalue weighted by Crippen LogP contribution is 2.26. The summed E-state index contributed by atoms with van der Waals surface area (Å²) in [6.07, 6.45) is 2.45. The van der Waals surface area contributed by atoms with Gasteiger partial charge in [0.05, 0.1) is 22.1 Å². The molecule has 0 bridgehead atoms. The Hall–Kier alpha value is -4.68. The average Bonchev–Trinajstić information content (AvgIpc) is 2.82. The molecule has 0 saturated carbocycles. The van der Waals surface area contributed by atoms with Crippen LogP contribution in [0.2, 0.25) is 0 Å². The maximum absolute atomic E-state index is 12.3. The summed E-state index contributed by atoms with van der Waals surface area (Å²) in [4.78, 5) is 45.5. The highest BCUT2D eigenvalue weighted by molar-refractivity contribution is 5.96. The van der Waals surface area contributed by atoms with E-state index in [4.69, 9.17) is 4.74 Å². The van der Waals surface area contributed by atoms with Crippen molar-refractivity contribution in [3.8, 4) is 11.3 Å². The molecule has 0 saturated heterocycles. The molecule has 0 amide bonds. The standard InChI is InChI=1S/C20H19N7O6/c1-2-33-19(28)16-12-24-20(25-18(16)13-4-3-5-14(10-13)26(29)30)22-9-8-21-17-7-6-15(11-23-17)27(31)32/h3-7,10-12H,2,8-9H2,1H3,(H,21,23)(H,22,24,25). The largest absolute Gasteiger partial charge is 0.462 e. The number of nitro benzene ring substituents is 1. The fourth-order valence-corrected chi connectivity index (χ4v) is 2.78. The molecule has 0 fully saturated rings. The SMILES string of the molecule is CCOC(=O)c1cnc(NCCNc2ccc([N+](=O)[O-])cn2)nc1-c1cccc([N+](=O)[O-])c1. The average molecular weight is 453 g/mol. The van der Waals surface area contributed by atoms with E-state index in [1.54, 1.807) is 13.0 Å². The molecule has 3 aromatic rings. The summed E-state index contributed by atoms with van der Waals surface area (Å²) >= 11 is 0. The van der Waals surface area contributed by atoms with E-state index in [-0.39, 0.29) is 35.2 Å². The Balaban J connectivity index is 1.74. The number of esters is 1. The normalized spacial score (nSPS) is 10.3. The number of nitrogens with one attached hydrogen (secondary N) is 2. The van der Waals surface area contributed by atoms with Gasteiger partial charge in [-0.3, -0.25) is 20.2 Å². The molecule has 2 heterocycles. The first-order valence-corrected chi connectivity index (χ1v) is 9.76. The van der Waals surface area contributed by atoms with Gasteiger partial charge in [0.25, 0.3) is 11.4 Å². The molecular formula is C20H19N7O6. The van der Waals surface area contributed by atoms with Crippen molar-refractivity contribution < 1.29 is 19.4 Å². The van der Waals surface area contributed by atoms with Gasteiger partial charge >= 0.3 is 5.97 Å². The molecular weight excluding hydrogens is 434 g/mol. The monoisotopic (exact) mass is 453 g/mol. The fourth-order valence-electron chi connectivity index (χ4n) is 2.78. The molecule has 13 nitrogen and oxygen atoms in total. The number of carbonyl (C=O) groups excluding carboxylic acids is 1. The number of nitrogens with zero attached hydrogens (tertiary/aromatic N) is 5. The van der Waals surface area contributed by atoms with E-state index in [1.165, 1.54) is 36.5 Å². The summed E-state index contributed by atoms with van der Waals surface area (Å²) in [6.45, 7) is 2.55. The minimum atomic E-state index is -0.642. The number of benzene rings is 1. The second kappa shape index (κ2) is 10.6. The third-order valence-corrected chi connectivity index (χ3v) is 4.29. The number of hydrogen-bond acceptors (Lipinski definition) is 11. The van der Waals surface area contributed by atoms with Crippen LogP contribution in [0.4, 0.5) is 23.1 Å². The zero-order valence-corrected chi connectivity index (χ0v) is 17.4. The molecule has 0 atom stereocenters. The number of pyridine rings is 1.